The number of nitrogens with zero attached hydrogens (tertiary/aromatic N) is 1. The van der Waals surface area contributed by atoms with E-state index in [0.29, 0.717) is 0 Å². The average Bonchev–Trinajstić information content (AvgIpc) is 2.69. The highest BCUT2D eigenvalue weighted by Gasteiger charge is 2.33. The van der Waals surface area contributed by atoms with Crippen LogP contribution in [0.1, 0.15) is 45.0 Å². The van der Waals surface area contributed by atoms with E-state index in [1.54, 1.807) is 17.3 Å². The topological polar surface area (TPSA) is 12.9 Å². The Hall–Kier alpha value is -0.370. The zero-order chi connectivity index (χ0) is 10.8. The molecule has 2 rings (SSSR count). The fraction of sp³-hybridized carbons (Fsp3) is 0.692. The molecule has 1 fully saturated rings. The van der Waals surface area contributed by atoms with Crippen molar-refractivity contribution in [2.45, 2.75) is 40.0 Å². The fourth-order valence-electron chi connectivity index (χ4n) is 2.63. The van der Waals surface area contributed by atoms with Gasteiger partial charge in [0.05, 0.1) is 5.01 Å². The highest BCUT2D eigenvalue weighted by atomic mass is 32.1. The number of hydrogen-bond acceptors (Lipinski definition) is 2. The van der Waals surface area contributed by atoms with Crippen LogP contribution in [0, 0.1) is 23.7 Å². The minimum absolute atomic E-state index is 0.761. The van der Waals surface area contributed by atoms with Crippen LogP contribution in [-0.2, 0) is 0 Å². The highest BCUT2D eigenvalue weighted by Crippen LogP contribution is 2.43. The van der Waals surface area contributed by atoms with E-state index in [-0.39, 0.29) is 0 Å². The van der Waals surface area contributed by atoms with Gasteiger partial charge in [-0.05, 0) is 30.6 Å². The van der Waals surface area contributed by atoms with Gasteiger partial charge in [0.15, 0.2) is 0 Å². The van der Waals surface area contributed by atoms with Gasteiger partial charge in [0.2, 0.25) is 0 Å². The minimum atomic E-state index is 0.761. The van der Waals surface area contributed by atoms with Crippen LogP contribution in [0.2, 0.25) is 0 Å². The Balaban J connectivity index is 2.17. The molecule has 0 amide bonds. The van der Waals surface area contributed by atoms with Crippen LogP contribution in [0.3, 0.4) is 0 Å². The van der Waals surface area contributed by atoms with E-state index in [0.717, 1.165) is 17.8 Å². The van der Waals surface area contributed by atoms with E-state index in [2.05, 4.69) is 31.1 Å². The Morgan fingerprint density at radius 3 is 2.80 bits per heavy atom. The molecular formula is C13H20NS. The molecule has 2 unspecified atom stereocenters. The molecule has 1 aromatic heterocycles. The maximum absolute atomic E-state index is 4.49. The molecule has 0 saturated heterocycles. The zero-order valence-corrected chi connectivity index (χ0v) is 10.7. The van der Waals surface area contributed by atoms with Crippen LogP contribution < -0.4 is 0 Å². The van der Waals surface area contributed by atoms with E-state index < -0.39 is 0 Å². The predicted molar refractivity (Wildman–Crippen MR) is 65.8 cm³/mol. The molecule has 1 aliphatic carbocycles. The lowest BCUT2D eigenvalue weighted by molar-refractivity contribution is 0.274. The summed E-state index contributed by atoms with van der Waals surface area (Å²) in [6, 6.07) is 0. The summed E-state index contributed by atoms with van der Waals surface area (Å²) in [6.45, 7) is 7.05. The van der Waals surface area contributed by atoms with Crippen molar-refractivity contribution in [3.8, 4) is 0 Å². The summed E-state index contributed by atoms with van der Waals surface area (Å²) >= 11 is 1.80. The first kappa shape index (κ1) is 11.1. The van der Waals surface area contributed by atoms with Gasteiger partial charge in [-0.3, -0.25) is 0 Å². The molecule has 0 spiro atoms. The molecule has 1 heterocycles. The molecule has 1 radical (unpaired) electrons. The summed E-state index contributed by atoms with van der Waals surface area (Å²) in [5, 5.41) is 3.39. The summed E-state index contributed by atoms with van der Waals surface area (Å²) in [5.41, 5.74) is 0. The summed E-state index contributed by atoms with van der Waals surface area (Å²) in [6.07, 6.45) is 5.94. The molecular weight excluding hydrogens is 202 g/mol. The highest BCUT2D eigenvalue weighted by molar-refractivity contribution is 7.09. The lowest BCUT2D eigenvalue weighted by Crippen LogP contribution is -2.26. The molecule has 2 heteroatoms. The molecule has 0 bridgehead atoms. The van der Waals surface area contributed by atoms with Crippen molar-refractivity contribution in [1.29, 1.82) is 0 Å². The zero-order valence-electron chi connectivity index (χ0n) is 9.86. The second-order valence-corrected chi connectivity index (χ2v) is 5.99. The molecule has 0 N–H and O–H groups in total. The van der Waals surface area contributed by atoms with Crippen LogP contribution in [-0.4, -0.2) is 4.98 Å². The number of hydrogen-bond donors (Lipinski definition) is 0. The fourth-order valence-corrected chi connectivity index (χ4v) is 3.39. The molecule has 1 nitrogen and oxygen atoms in total. The Labute approximate surface area is 96.9 Å². The van der Waals surface area contributed by atoms with Gasteiger partial charge in [-0.15, -0.1) is 11.3 Å². The molecule has 1 aliphatic rings. The molecule has 2 atom stereocenters. The van der Waals surface area contributed by atoms with Crippen LogP contribution in [0.25, 0.3) is 0 Å². The number of rotatable bonds is 2. The smallest absolute Gasteiger partial charge is 0.0999 e. The van der Waals surface area contributed by atoms with Crippen molar-refractivity contribution in [1.82, 2.24) is 4.98 Å². The first-order valence-electron chi connectivity index (χ1n) is 5.94. The van der Waals surface area contributed by atoms with Gasteiger partial charge < -0.3 is 0 Å². The second-order valence-electron chi connectivity index (χ2n) is 5.10. The van der Waals surface area contributed by atoms with Crippen molar-refractivity contribution in [3.63, 3.8) is 0 Å². The van der Waals surface area contributed by atoms with Gasteiger partial charge in [0.25, 0.3) is 0 Å². The Bertz CT molecular complexity index is 291. The van der Waals surface area contributed by atoms with Gasteiger partial charge in [0, 0.05) is 17.5 Å². The largest absolute Gasteiger partial charge is 0.249 e. The van der Waals surface area contributed by atoms with Crippen molar-refractivity contribution in [2.75, 3.05) is 0 Å². The SMILES string of the molecule is CC1CCC(C(C)C)[C](c2nccs2)C1. The van der Waals surface area contributed by atoms with Crippen molar-refractivity contribution >= 4 is 11.3 Å². The number of aromatic nitrogens is 1. The third kappa shape index (κ3) is 2.41. The normalized spacial score (nSPS) is 28.5. The Kier molecular flexibility index (Phi) is 3.45. The Morgan fingerprint density at radius 2 is 2.20 bits per heavy atom. The second kappa shape index (κ2) is 4.65. The Morgan fingerprint density at radius 1 is 1.40 bits per heavy atom. The maximum Gasteiger partial charge on any atom is 0.0999 e. The van der Waals surface area contributed by atoms with Crippen LogP contribution in [0.15, 0.2) is 11.6 Å². The first-order chi connectivity index (χ1) is 7.18. The van der Waals surface area contributed by atoms with E-state index in [1.165, 1.54) is 24.3 Å². The minimum Gasteiger partial charge on any atom is -0.249 e. The lowest BCUT2D eigenvalue weighted by Gasteiger charge is -2.35. The molecule has 0 aromatic carbocycles. The molecule has 15 heavy (non-hydrogen) atoms. The van der Waals surface area contributed by atoms with Crippen molar-refractivity contribution in [2.24, 2.45) is 17.8 Å². The van der Waals surface area contributed by atoms with E-state index in [1.807, 2.05) is 6.20 Å². The third-order valence-electron chi connectivity index (χ3n) is 3.50. The summed E-state index contributed by atoms with van der Waals surface area (Å²) in [5.74, 6) is 4.00. The average molecular weight is 222 g/mol. The van der Waals surface area contributed by atoms with Gasteiger partial charge in [-0.25, -0.2) is 4.98 Å². The van der Waals surface area contributed by atoms with Gasteiger partial charge in [-0.1, -0.05) is 27.2 Å². The van der Waals surface area contributed by atoms with Crippen molar-refractivity contribution < 1.29 is 0 Å². The summed E-state index contributed by atoms with van der Waals surface area (Å²) < 4.78 is 0. The van der Waals surface area contributed by atoms with E-state index in [4.69, 9.17) is 0 Å². The van der Waals surface area contributed by atoms with Crippen LogP contribution >= 0.6 is 11.3 Å². The van der Waals surface area contributed by atoms with Crippen molar-refractivity contribution in [3.05, 3.63) is 22.5 Å². The monoisotopic (exact) mass is 222 g/mol. The van der Waals surface area contributed by atoms with E-state index >= 15 is 0 Å². The maximum atomic E-state index is 4.49. The quantitative estimate of drug-likeness (QED) is 0.732. The molecule has 1 aromatic rings. The van der Waals surface area contributed by atoms with Gasteiger partial charge in [-0.2, -0.15) is 0 Å². The van der Waals surface area contributed by atoms with Gasteiger partial charge in [0.1, 0.15) is 0 Å². The predicted octanol–water partition coefficient (Wildman–Crippen LogP) is 4.16. The summed E-state index contributed by atoms with van der Waals surface area (Å²) in [4.78, 5) is 4.49. The standard InChI is InChI=1S/C13H20NS/c1-9(2)11-5-4-10(3)8-12(11)13-14-6-7-15-13/h6-7,9-11H,4-5,8H2,1-3H3. The van der Waals surface area contributed by atoms with Gasteiger partial charge >= 0.3 is 0 Å². The van der Waals surface area contributed by atoms with Crippen LogP contribution in [0.4, 0.5) is 0 Å². The molecule has 1 saturated carbocycles. The third-order valence-corrected chi connectivity index (χ3v) is 4.35. The van der Waals surface area contributed by atoms with Crippen LogP contribution in [0.5, 0.6) is 0 Å². The molecule has 0 aliphatic heterocycles. The molecule has 83 valence electrons. The summed E-state index contributed by atoms with van der Waals surface area (Å²) in [7, 11) is 0. The number of thiazole rings is 1. The lowest BCUT2D eigenvalue weighted by atomic mass is 9.70. The first-order valence-corrected chi connectivity index (χ1v) is 6.82. The van der Waals surface area contributed by atoms with E-state index in [9.17, 15) is 0 Å².